The Balaban J connectivity index is 1.74. The quantitative estimate of drug-likeness (QED) is 0.555. The van der Waals surface area contributed by atoms with E-state index in [-0.39, 0.29) is 15.7 Å². The minimum Gasteiger partial charge on any atom is -0.497 e. The monoisotopic (exact) mass is 420 g/mol. The lowest BCUT2D eigenvalue weighted by Crippen LogP contribution is -2.11. The van der Waals surface area contributed by atoms with Crippen LogP contribution in [0.5, 0.6) is 11.5 Å². The van der Waals surface area contributed by atoms with Crippen molar-refractivity contribution in [2.45, 2.75) is 4.90 Å². The Morgan fingerprint density at radius 3 is 2.36 bits per heavy atom. The third-order valence-corrected chi connectivity index (χ3v) is 6.91. The molecule has 0 fully saturated rings. The minimum atomic E-state index is -3.45. The van der Waals surface area contributed by atoms with E-state index < -0.39 is 9.84 Å². The zero-order valence-electron chi connectivity index (χ0n) is 13.6. The fourth-order valence-electron chi connectivity index (χ4n) is 1.99. The van der Waals surface area contributed by atoms with Crippen molar-refractivity contribution >= 4 is 44.8 Å². The maximum absolute atomic E-state index is 12.3. The van der Waals surface area contributed by atoms with Crippen molar-refractivity contribution in [3.8, 4) is 11.5 Å². The first-order valence-electron chi connectivity index (χ1n) is 7.45. The van der Waals surface area contributed by atoms with Crippen LogP contribution in [0.1, 0.15) is 0 Å². The first kappa shape index (κ1) is 20.2. The highest BCUT2D eigenvalue weighted by atomic mass is 35.5. The second-order valence-corrected chi connectivity index (χ2v) is 9.18. The van der Waals surface area contributed by atoms with E-state index in [4.69, 9.17) is 32.7 Å². The highest BCUT2D eigenvalue weighted by Crippen LogP contribution is 2.26. The Bertz CT molecular complexity index is 793. The molecule has 2 rings (SSSR count). The zero-order chi connectivity index (χ0) is 18.3. The lowest BCUT2D eigenvalue weighted by molar-refractivity contribution is 0.342. The molecule has 0 amide bonds. The van der Waals surface area contributed by atoms with Crippen LogP contribution in [0, 0.1) is 0 Å². The van der Waals surface area contributed by atoms with E-state index >= 15 is 0 Å². The molecule has 0 radical (unpaired) electrons. The first-order chi connectivity index (χ1) is 11.9. The van der Waals surface area contributed by atoms with Crippen molar-refractivity contribution in [3.05, 3.63) is 52.5 Å². The van der Waals surface area contributed by atoms with Gasteiger partial charge in [-0.2, -0.15) is 11.8 Å². The number of methoxy groups -OCH3 is 1. The molecule has 0 aliphatic heterocycles. The number of thioether (sulfide) groups is 1. The molecule has 4 nitrogen and oxygen atoms in total. The van der Waals surface area contributed by atoms with Gasteiger partial charge in [0.05, 0.1) is 29.4 Å². The van der Waals surface area contributed by atoms with Crippen LogP contribution in [0.15, 0.2) is 47.4 Å². The Kier molecular flexibility index (Phi) is 7.75. The third kappa shape index (κ3) is 6.29. The largest absolute Gasteiger partial charge is 0.497 e. The van der Waals surface area contributed by atoms with Crippen LogP contribution in [0.25, 0.3) is 0 Å². The van der Waals surface area contributed by atoms with Gasteiger partial charge in [-0.3, -0.25) is 0 Å². The summed E-state index contributed by atoms with van der Waals surface area (Å²) < 4.78 is 35.3. The van der Waals surface area contributed by atoms with Gasteiger partial charge in [0.1, 0.15) is 11.5 Å². The fraction of sp³-hybridized carbons (Fsp3) is 0.294. The highest BCUT2D eigenvalue weighted by Gasteiger charge is 2.18. The van der Waals surface area contributed by atoms with Crippen LogP contribution in [-0.4, -0.2) is 39.4 Å². The van der Waals surface area contributed by atoms with Crippen LogP contribution >= 0.6 is 35.0 Å². The molecule has 0 saturated heterocycles. The summed E-state index contributed by atoms with van der Waals surface area (Å²) in [7, 11) is -1.84. The Hall–Kier alpha value is -1.08. The molecule has 2 aromatic carbocycles. The first-order valence-corrected chi connectivity index (χ1v) is 11.0. The van der Waals surface area contributed by atoms with Gasteiger partial charge in [-0.1, -0.05) is 23.2 Å². The number of sulfone groups is 1. The average Bonchev–Trinajstić information content (AvgIpc) is 2.60. The number of halogens is 2. The summed E-state index contributed by atoms with van der Waals surface area (Å²) in [6.07, 6.45) is 0. The summed E-state index contributed by atoms with van der Waals surface area (Å²) >= 11 is 13.3. The van der Waals surface area contributed by atoms with E-state index in [1.165, 1.54) is 23.9 Å². The molecule has 2 aromatic rings. The van der Waals surface area contributed by atoms with Gasteiger partial charge in [0.25, 0.3) is 0 Å². The highest BCUT2D eigenvalue weighted by molar-refractivity contribution is 8.00. The van der Waals surface area contributed by atoms with E-state index in [1.807, 2.05) is 24.3 Å². The van der Waals surface area contributed by atoms with Crippen molar-refractivity contribution in [1.82, 2.24) is 0 Å². The van der Waals surface area contributed by atoms with Crippen LogP contribution in [0.4, 0.5) is 0 Å². The molecule has 8 heteroatoms. The molecule has 0 saturated carbocycles. The Morgan fingerprint density at radius 2 is 1.68 bits per heavy atom. The number of hydrogen-bond donors (Lipinski definition) is 0. The standard InChI is InChI=1S/C17H18Cl2O4S2/c1-22-14-3-5-15(6-4-14)23-8-9-24-10-11-25(20,21)17-12-13(18)2-7-16(17)19/h2-7,12H,8-11H2,1H3. The van der Waals surface area contributed by atoms with Gasteiger partial charge < -0.3 is 9.47 Å². The SMILES string of the molecule is COc1ccc(OCCSCCS(=O)(=O)c2cc(Cl)ccc2Cl)cc1. The number of rotatable bonds is 9. The van der Waals surface area contributed by atoms with E-state index in [0.717, 1.165) is 11.5 Å². The van der Waals surface area contributed by atoms with Gasteiger partial charge in [-0.25, -0.2) is 8.42 Å². The molecule has 0 bridgehead atoms. The zero-order valence-corrected chi connectivity index (χ0v) is 16.7. The smallest absolute Gasteiger partial charge is 0.180 e. The van der Waals surface area contributed by atoms with Crippen LogP contribution in [-0.2, 0) is 9.84 Å². The summed E-state index contributed by atoms with van der Waals surface area (Å²) in [4.78, 5) is 0.0803. The molecule has 25 heavy (non-hydrogen) atoms. The fourth-order valence-corrected chi connectivity index (χ4v) is 5.34. The van der Waals surface area contributed by atoms with E-state index in [0.29, 0.717) is 23.1 Å². The second kappa shape index (κ2) is 9.57. The maximum atomic E-state index is 12.3. The Labute approximate surface area is 162 Å². The summed E-state index contributed by atoms with van der Waals surface area (Å²) in [5.41, 5.74) is 0. The minimum absolute atomic E-state index is 0.000263. The lowest BCUT2D eigenvalue weighted by atomic mass is 10.3. The van der Waals surface area contributed by atoms with Crippen molar-refractivity contribution in [3.63, 3.8) is 0 Å². The van der Waals surface area contributed by atoms with Gasteiger partial charge in [0.2, 0.25) is 0 Å². The maximum Gasteiger partial charge on any atom is 0.180 e. The number of benzene rings is 2. The summed E-state index contributed by atoms with van der Waals surface area (Å²) in [5, 5.41) is 0.542. The molecule has 136 valence electrons. The summed E-state index contributed by atoms with van der Waals surface area (Å²) in [6.45, 7) is 0.495. The van der Waals surface area contributed by atoms with Crippen molar-refractivity contribution < 1.29 is 17.9 Å². The predicted octanol–water partition coefficient (Wildman–Crippen LogP) is 4.59. The number of hydrogen-bond acceptors (Lipinski definition) is 5. The average molecular weight is 421 g/mol. The molecular weight excluding hydrogens is 403 g/mol. The third-order valence-electron chi connectivity index (χ3n) is 3.28. The van der Waals surface area contributed by atoms with E-state index in [1.54, 1.807) is 13.2 Å². The van der Waals surface area contributed by atoms with Crippen molar-refractivity contribution in [2.75, 3.05) is 31.0 Å². The van der Waals surface area contributed by atoms with Crippen LogP contribution in [0.3, 0.4) is 0 Å². The molecule has 0 unspecified atom stereocenters. The van der Waals surface area contributed by atoms with Gasteiger partial charge in [0.15, 0.2) is 9.84 Å². The lowest BCUT2D eigenvalue weighted by Gasteiger charge is -2.08. The van der Waals surface area contributed by atoms with Gasteiger partial charge >= 0.3 is 0 Å². The van der Waals surface area contributed by atoms with Gasteiger partial charge in [0, 0.05) is 16.5 Å². The molecule has 0 heterocycles. The van der Waals surface area contributed by atoms with Gasteiger partial charge in [-0.05, 0) is 42.5 Å². The second-order valence-electron chi connectivity index (χ2n) is 5.03. The molecule has 0 spiro atoms. The van der Waals surface area contributed by atoms with Crippen LogP contribution in [0.2, 0.25) is 10.0 Å². The predicted molar refractivity (Wildman–Crippen MR) is 104 cm³/mol. The number of ether oxygens (including phenoxy) is 2. The van der Waals surface area contributed by atoms with Gasteiger partial charge in [-0.15, -0.1) is 0 Å². The summed E-state index contributed by atoms with van der Waals surface area (Å²) in [5.74, 6) is 2.66. The molecule has 0 aromatic heterocycles. The van der Waals surface area contributed by atoms with Crippen molar-refractivity contribution in [2.24, 2.45) is 0 Å². The van der Waals surface area contributed by atoms with E-state index in [2.05, 4.69) is 0 Å². The molecule has 0 atom stereocenters. The molecule has 0 aliphatic rings. The summed E-state index contributed by atoms with van der Waals surface area (Å²) in [6, 6.07) is 11.7. The molecular formula is C17H18Cl2O4S2. The molecule has 0 aliphatic carbocycles. The molecule has 0 N–H and O–H groups in total. The normalized spacial score (nSPS) is 11.3. The Morgan fingerprint density at radius 1 is 1.00 bits per heavy atom. The van der Waals surface area contributed by atoms with Crippen molar-refractivity contribution in [1.29, 1.82) is 0 Å². The van der Waals surface area contributed by atoms with Crippen LogP contribution < -0.4 is 9.47 Å². The topological polar surface area (TPSA) is 52.6 Å². The van der Waals surface area contributed by atoms with E-state index in [9.17, 15) is 8.42 Å².